The molecule has 0 radical (unpaired) electrons. The minimum atomic E-state index is 0.132. The predicted molar refractivity (Wildman–Crippen MR) is 134 cm³/mol. The van der Waals surface area contributed by atoms with Crippen LogP contribution in [0.4, 0.5) is 0 Å². The molecule has 0 fully saturated rings. The van der Waals surface area contributed by atoms with E-state index in [-0.39, 0.29) is 13.1 Å². The smallest absolute Gasteiger partial charge is 0.0974 e. The third-order valence-electron chi connectivity index (χ3n) is 5.63. The molecule has 0 aliphatic carbocycles. The molecule has 0 N–H and O–H groups in total. The maximum Gasteiger partial charge on any atom is 0.0974 e. The Morgan fingerprint density at radius 2 is 1.00 bits per heavy atom. The van der Waals surface area contributed by atoms with E-state index in [0.29, 0.717) is 22.4 Å². The van der Waals surface area contributed by atoms with Crippen LogP contribution in [0.15, 0.2) is 95.2 Å². The second kappa shape index (κ2) is 9.30. The van der Waals surface area contributed by atoms with Crippen molar-refractivity contribution in [1.29, 1.82) is 0 Å². The summed E-state index contributed by atoms with van der Waals surface area (Å²) in [5.74, 6) is 0. The Morgan fingerprint density at radius 3 is 1.38 bits per heavy atom. The molecule has 0 bridgehead atoms. The van der Waals surface area contributed by atoms with Crippen LogP contribution in [-0.4, -0.2) is 9.97 Å². The summed E-state index contributed by atoms with van der Waals surface area (Å²) < 4.78 is 0. The SMILES string of the molecule is [N-]=[N+]=NCc1cc(-c2ccccc2)c2ccc3c(-c4ccccc4)cc(CN=[N+]=[N-])nc3c2n1. The standard InChI is InChI=1S/C26H18N8/c27-33-29-15-19-13-23(17-7-3-1-4-8-17)21-11-12-22-24(18-9-5-2-6-10-18)14-20(16-30-34-28)32-26(22)25(21)31-19/h1-14H,15-16H2. The summed E-state index contributed by atoms with van der Waals surface area (Å²) in [6.07, 6.45) is 0. The summed E-state index contributed by atoms with van der Waals surface area (Å²) >= 11 is 0. The van der Waals surface area contributed by atoms with E-state index in [4.69, 9.17) is 21.0 Å². The largest absolute Gasteiger partial charge is 0.250 e. The lowest BCUT2D eigenvalue weighted by molar-refractivity contribution is 0.983. The van der Waals surface area contributed by atoms with Crippen molar-refractivity contribution in [3.63, 3.8) is 0 Å². The number of hydrogen-bond donors (Lipinski definition) is 0. The van der Waals surface area contributed by atoms with Gasteiger partial charge < -0.3 is 0 Å². The fourth-order valence-corrected chi connectivity index (χ4v) is 4.16. The van der Waals surface area contributed by atoms with Crippen LogP contribution >= 0.6 is 0 Å². The molecule has 2 heterocycles. The highest BCUT2D eigenvalue weighted by Crippen LogP contribution is 2.36. The molecule has 0 atom stereocenters. The first kappa shape index (κ1) is 21.0. The van der Waals surface area contributed by atoms with E-state index in [1.807, 2.05) is 72.8 Å². The molecule has 0 spiro atoms. The van der Waals surface area contributed by atoms with Crippen LogP contribution in [0.5, 0.6) is 0 Å². The Morgan fingerprint density at radius 1 is 0.588 bits per heavy atom. The Kier molecular flexibility index (Phi) is 5.74. The number of fused-ring (bicyclic) bond motifs is 3. The number of rotatable bonds is 6. The number of nitrogens with zero attached hydrogens (tertiary/aromatic N) is 8. The van der Waals surface area contributed by atoms with Crippen molar-refractivity contribution in [3.8, 4) is 22.3 Å². The van der Waals surface area contributed by atoms with Crippen LogP contribution < -0.4 is 0 Å². The lowest BCUT2D eigenvalue weighted by Crippen LogP contribution is -1.97. The van der Waals surface area contributed by atoms with Crippen LogP contribution in [0.2, 0.25) is 0 Å². The van der Waals surface area contributed by atoms with Gasteiger partial charge in [0.1, 0.15) is 0 Å². The van der Waals surface area contributed by atoms with Gasteiger partial charge in [-0.3, -0.25) is 9.97 Å². The minimum Gasteiger partial charge on any atom is -0.250 e. The molecule has 5 rings (SSSR count). The quantitative estimate of drug-likeness (QED) is 0.115. The van der Waals surface area contributed by atoms with E-state index in [0.717, 1.165) is 33.0 Å². The van der Waals surface area contributed by atoms with Crippen molar-refractivity contribution in [1.82, 2.24) is 9.97 Å². The molecule has 162 valence electrons. The first-order valence-corrected chi connectivity index (χ1v) is 10.7. The van der Waals surface area contributed by atoms with E-state index < -0.39 is 0 Å². The number of aromatic nitrogens is 2. The maximum atomic E-state index is 8.86. The van der Waals surface area contributed by atoms with Crippen LogP contribution in [0, 0.1) is 0 Å². The minimum absolute atomic E-state index is 0.132. The molecule has 0 aliphatic heterocycles. The zero-order valence-corrected chi connectivity index (χ0v) is 18.1. The van der Waals surface area contributed by atoms with Gasteiger partial charge in [-0.05, 0) is 45.4 Å². The average molecular weight is 442 g/mol. The molecule has 0 amide bonds. The topological polar surface area (TPSA) is 123 Å². The van der Waals surface area contributed by atoms with E-state index in [9.17, 15) is 0 Å². The summed E-state index contributed by atoms with van der Waals surface area (Å²) in [6.45, 7) is 0.263. The molecule has 0 saturated heterocycles. The Balaban J connectivity index is 1.88. The highest BCUT2D eigenvalue weighted by molar-refractivity contribution is 6.12. The summed E-state index contributed by atoms with van der Waals surface area (Å²) in [5, 5.41) is 9.34. The highest BCUT2D eigenvalue weighted by atomic mass is 15.1. The van der Waals surface area contributed by atoms with Crippen molar-refractivity contribution >= 4 is 21.8 Å². The van der Waals surface area contributed by atoms with Crippen LogP contribution in [-0.2, 0) is 13.1 Å². The maximum absolute atomic E-state index is 8.86. The van der Waals surface area contributed by atoms with Gasteiger partial charge in [0.2, 0.25) is 0 Å². The third kappa shape index (κ3) is 3.98. The Labute approximate surface area is 194 Å². The van der Waals surface area contributed by atoms with Gasteiger partial charge in [0.25, 0.3) is 0 Å². The van der Waals surface area contributed by atoms with Gasteiger partial charge in [-0.1, -0.05) is 83.0 Å². The van der Waals surface area contributed by atoms with Crippen LogP contribution in [0.25, 0.3) is 64.9 Å². The molecule has 5 aromatic rings. The fraction of sp³-hybridized carbons (Fsp3) is 0.0769. The zero-order valence-electron chi connectivity index (χ0n) is 18.1. The lowest BCUT2D eigenvalue weighted by Gasteiger charge is -2.14. The molecular formula is C26H18N8. The lowest BCUT2D eigenvalue weighted by atomic mass is 9.95. The monoisotopic (exact) mass is 442 g/mol. The number of benzene rings is 3. The van der Waals surface area contributed by atoms with E-state index in [2.05, 4.69) is 32.2 Å². The summed E-state index contributed by atoms with van der Waals surface area (Å²) in [4.78, 5) is 15.5. The molecule has 2 aromatic heterocycles. The zero-order chi connectivity index (χ0) is 23.3. The van der Waals surface area contributed by atoms with Gasteiger partial charge in [-0.25, -0.2) is 0 Å². The van der Waals surface area contributed by atoms with Crippen molar-refractivity contribution < 1.29 is 0 Å². The molecule has 0 unspecified atom stereocenters. The van der Waals surface area contributed by atoms with Gasteiger partial charge in [-0.15, -0.1) is 0 Å². The van der Waals surface area contributed by atoms with Crippen LogP contribution in [0.3, 0.4) is 0 Å². The third-order valence-corrected chi connectivity index (χ3v) is 5.63. The normalized spacial score (nSPS) is 10.6. The predicted octanol–water partition coefficient (Wildman–Crippen LogP) is 7.74. The van der Waals surface area contributed by atoms with Crippen molar-refractivity contribution in [2.24, 2.45) is 10.2 Å². The second-order valence-electron chi connectivity index (χ2n) is 7.69. The number of hydrogen-bond acceptors (Lipinski definition) is 4. The molecule has 34 heavy (non-hydrogen) atoms. The van der Waals surface area contributed by atoms with Crippen molar-refractivity contribution in [3.05, 3.63) is 117 Å². The van der Waals surface area contributed by atoms with Gasteiger partial charge >= 0.3 is 0 Å². The van der Waals surface area contributed by atoms with E-state index in [1.165, 1.54) is 0 Å². The second-order valence-corrected chi connectivity index (χ2v) is 7.69. The highest BCUT2D eigenvalue weighted by Gasteiger charge is 2.15. The molecule has 8 nitrogen and oxygen atoms in total. The van der Waals surface area contributed by atoms with Gasteiger partial charge in [0.15, 0.2) is 0 Å². The van der Waals surface area contributed by atoms with Gasteiger partial charge in [0.05, 0.1) is 24.1 Å². The van der Waals surface area contributed by atoms with Crippen molar-refractivity contribution in [2.45, 2.75) is 13.1 Å². The van der Waals surface area contributed by atoms with E-state index >= 15 is 0 Å². The van der Waals surface area contributed by atoms with Gasteiger partial charge in [-0.2, -0.15) is 0 Å². The summed E-state index contributed by atoms with van der Waals surface area (Å²) in [6, 6.07) is 28.1. The summed E-state index contributed by atoms with van der Waals surface area (Å²) in [5.41, 5.74) is 24.5. The molecule has 3 aromatic carbocycles. The molecule has 0 saturated carbocycles. The average Bonchev–Trinajstić information content (AvgIpc) is 2.90. The van der Waals surface area contributed by atoms with Crippen molar-refractivity contribution in [2.75, 3.05) is 0 Å². The molecular weight excluding hydrogens is 424 g/mol. The summed E-state index contributed by atoms with van der Waals surface area (Å²) in [7, 11) is 0. The number of azide groups is 2. The first-order chi connectivity index (χ1) is 16.8. The Bertz CT molecular complexity index is 1480. The fourth-order valence-electron chi connectivity index (χ4n) is 4.16. The van der Waals surface area contributed by atoms with Crippen LogP contribution in [0.1, 0.15) is 11.4 Å². The Hall–Kier alpha value is -4.90. The number of pyridine rings is 2. The molecule has 0 aliphatic rings. The van der Waals surface area contributed by atoms with E-state index in [1.54, 1.807) is 0 Å². The molecule has 8 heteroatoms. The van der Waals surface area contributed by atoms with Gasteiger partial charge in [0, 0.05) is 32.0 Å². The first-order valence-electron chi connectivity index (χ1n) is 10.7.